The van der Waals surface area contributed by atoms with Gasteiger partial charge in [0.1, 0.15) is 0 Å². The predicted molar refractivity (Wildman–Crippen MR) is 63.2 cm³/mol. The maximum Gasteiger partial charge on any atom is 0.171 e. The molecule has 0 aliphatic rings. The normalized spacial score (nSPS) is 12.6. The van der Waals surface area contributed by atoms with Gasteiger partial charge in [-0.2, -0.15) is 0 Å². The van der Waals surface area contributed by atoms with Crippen molar-refractivity contribution in [2.75, 3.05) is 11.5 Å². The molecule has 0 rings (SSSR count). The molecule has 0 atom stereocenters. The molecule has 0 aromatic carbocycles. The SMILES string of the molecule is C=CS(=O)(=O)CCC(O)CCS(=O)(=O)C=C. The zero-order chi connectivity index (χ0) is 12.8. The summed E-state index contributed by atoms with van der Waals surface area (Å²) in [5, 5.41) is 11.0. The van der Waals surface area contributed by atoms with Gasteiger partial charge < -0.3 is 5.11 Å². The number of hydrogen-bond acceptors (Lipinski definition) is 5. The monoisotopic (exact) mass is 268 g/mol. The number of hydrogen-bond donors (Lipinski definition) is 1. The second kappa shape index (κ2) is 6.17. The minimum absolute atomic E-state index is 0.00101. The van der Waals surface area contributed by atoms with Gasteiger partial charge in [0.15, 0.2) is 19.7 Å². The van der Waals surface area contributed by atoms with E-state index in [0.29, 0.717) is 0 Å². The van der Waals surface area contributed by atoms with Crippen LogP contribution in [-0.4, -0.2) is 39.6 Å². The van der Waals surface area contributed by atoms with E-state index in [1.807, 2.05) is 0 Å². The highest BCUT2D eigenvalue weighted by atomic mass is 32.2. The molecule has 0 aromatic heterocycles. The van der Waals surface area contributed by atoms with E-state index in [9.17, 15) is 21.9 Å². The molecule has 0 unspecified atom stereocenters. The Balaban J connectivity index is 4.07. The Hall–Kier alpha value is -0.660. The lowest BCUT2D eigenvalue weighted by Crippen LogP contribution is -2.17. The molecule has 0 aromatic rings. The Kier molecular flexibility index (Phi) is 5.91. The third-order valence-corrected chi connectivity index (χ3v) is 4.60. The molecule has 0 heterocycles. The molecular formula is C9H16O5S2. The summed E-state index contributed by atoms with van der Waals surface area (Å²) in [7, 11) is -6.68. The van der Waals surface area contributed by atoms with Crippen LogP contribution in [0, 0.1) is 0 Å². The van der Waals surface area contributed by atoms with Crippen LogP contribution < -0.4 is 0 Å². The van der Waals surface area contributed by atoms with Crippen LogP contribution in [0.15, 0.2) is 24.0 Å². The molecule has 0 radical (unpaired) electrons. The van der Waals surface area contributed by atoms with E-state index in [4.69, 9.17) is 0 Å². The molecule has 0 fully saturated rings. The highest BCUT2D eigenvalue weighted by Crippen LogP contribution is 2.05. The molecule has 0 saturated carbocycles. The van der Waals surface area contributed by atoms with E-state index in [-0.39, 0.29) is 24.3 Å². The fourth-order valence-electron chi connectivity index (χ4n) is 0.912. The zero-order valence-electron chi connectivity index (χ0n) is 8.87. The van der Waals surface area contributed by atoms with Crippen LogP contribution in [0.25, 0.3) is 0 Å². The lowest BCUT2D eigenvalue weighted by Gasteiger charge is -2.08. The Bertz CT molecular complexity index is 391. The van der Waals surface area contributed by atoms with Crippen LogP contribution in [-0.2, 0) is 19.7 Å². The average molecular weight is 268 g/mol. The van der Waals surface area contributed by atoms with Crippen LogP contribution >= 0.6 is 0 Å². The minimum atomic E-state index is -3.34. The first kappa shape index (κ1) is 15.3. The van der Waals surface area contributed by atoms with Crippen molar-refractivity contribution in [3.8, 4) is 0 Å². The second-order valence-electron chi connectivity index (χ2n) is 3.30. The molecule has 0 amide bonds. The zero-order valence-corrected chi connectivity index (χ0v) is 10.5. The van der Waals surface area contributed by atoms with Crippen LogP contribution in [0.3, 0.4) is 0 Å². The van der Waals surface area contributed by atoms with Gasteiger partial charge in [-0.05, 0) is 12.8 Å². The molecule has 0 aliphatic carbocycles. The first-order valence-electron chi connectivity index (χ1n) is 4.61. The Labute approximate surface area is 96.3 Å². The molecule has 7 heteroatoms. The van der Waals surface area contributed by atoms with Crippen molar-refractivity contribution in [3.63, 3.8) is 0 Å². The second-order valence-corrected chi connectivity index (χ2v) is 7.43. The lowest BCUT2D eigenvalue weighted by molar-refractivity contribution is 0.167. The molecule has 0 saturated heterocycles. The maximum atomic E-state index is 11.0. The standard InChI is InChI=1S/C9H16O5S2/c1-3-15(11,12)7-5-9(10)6-8-16(13,14)4-2/h3-4,9-10H,1-2,5-8H2. The first-order valence-corrected chi connectivity index (χ1v) is 8.04. The van der Waals surface area contributed by atoms with E-state index in [0.717, 1.165) is 10.8 Å². The van der Waals surface area contributed by atoms with Gasteiger partial charge in [0.05, 0.1) is 17.6 Å². The van der Waals surface area contributed by atoms with Crippen LogP contribution in [0.4, 0.5) is 0 Å². The molecule has 0 aliphatic heterocycles. The van der Waals surface area contributed by atoms with Crippen LogP contribution in [0.1, 0.15) is 12.8 Å². The summed E-state index contributed by atoms with van der Waals surface area (Å²) in [5.74, 6) is -0.461. The van der Waals surface area contributed by atoms with Gasteiger partial charge in [-0.1, -0.05) is 13.2 Å². The van der Waals surface area contributed by atoms with E-state index >= 15 is 0 Å². The topological polar surface area (TPSA) is 88.5 Å². The van der Waals surface area contributed by atoms with Gasteiger partial charge in [0.2, 0.25) is 0 Å². The van der Waals surface area contributed by atoms with Crippen molar-refractivity contribution < 1.29 is 21.9 Å². The summed E-state index contributed by atoms with van der Waals surface area (Å²) in [4.78, 5) is 0. The summed E-state index contributed by atoms with van der Waals surface area (Å²) in [5.41, 5.74) is 0. The third-order valence-electron chi connectivity index (χ3n) is 1.98. The fraction of sp³-hybridized carbons (Fsp3) is 0.556. The average Bonchev–Trinajstić information content (AvgIpc) is 2.24. The van der Waals surface area contributed by atoms with Crippen molar-refractivity contribution >= 4 is 19.7 Å². The Morgan fingerprint density at radius 2 is 1.25 bits per heavy atom. The summed E-state index contributed by atoms with van der Waals surface area (Å²) >= 11 is 0. The summed E-state index contributed by atoms with van der Waals surface area (Å²) in [6.45, 7) is 6.26. The molecule has 0 bridgehead atoms. The highest BCUT2D eigenvalue weighted by molar-refractivity contribution is 7.94. The molecule has 1 N–H and O–H groups in total. The van der Waals surface area contributed by atoms with Gasteiger partial charge in [0, 0.05) is 10.8 Å². The van der Waals surface area contributed by atoms with Crippen molar-refractivity contribution in [1.82, 2.24) is 0 Å². The largest absolute Gasteiger partial charge is 0.393 e. The number of aliphatic hydroxyl groups is 1. The third kappa shape index (κ3) is 6.76. The smallest absolute Gasteiger partial charge is 0.171 e. The molecule has 0 spiro atoms. The Morgan fingerprint density at radius 3 is 1.50 bits per heavy atom. The highest BCUT2D eigenvalue weighted by Gasteiger charge is 2.13. The maximum absolute atomic E-state index is 11.0. The van der Waals surface area contributed by atoms with Crippen molar-refractivity contribution in [2.45, 2.75) is 18.9 Å². The molecular weight excluding hydrogens is 252 g/mol. The number of sulfone groups is 2. The van der Waals surface area contributed by atoms with E-state index in [1.54, 1.807) is 0 Å². The number of rotatable bonds is 8. The fourth-order valence-corrected chi connectivity index (χ4v) is 2.45. The van der Waals surface area contributed by atoms with E-state index < -0.39 is 25.8 Å². The van der Waals surface area contributed by atoms with Gasteiger partial charge >= 0.3 is 0 Å². The minimum Gasteiger partial charge on any atom is -0.393 e. The summed E-state index contributed by atoms with van der Waals surface area (Å²) in [6.07, 6.45) is -0.952. The van der Waals surface area contributed by atoms with E-state index in [2.05, 4.69) is 13.2 Å². The van der Waals surface area contributed by atoms with Crippen LogP contribution in [0.5, 0.6) is 0 Å². The van der Waals surface area contributed by atoms with Gasteiger partial charge in [0.25, 0.3) is 0 Å². The van der Waals surface area contributed by atoms with Gasteiger partial charge in [-0.3, -0.25) is 0 Å². The summed E-state index contributed by atoms with van der Waals surface area (Å²) in [6, 6.07) is 0. The van der Waals surface area contributed by atoms with E-state index in [1.165, 1.54) is 0 Å². The quantitative estimate of drug-likeness (QED) is 0.681. The molecule has 16 heavy (non-hydrogen) atoms. The van der Waals surface area contributed by atoms with Crippen molar-refractivity contribution in [3.05, 3.63) is 24.0 Å². The Morgan fingerprint density at radius 1 is 0.938 bits per heavy atom. The van der Waals surface area contributed by atoms with Crippen molar-refractivity contribution in [2.24, 2.45) is 0 Å². The van der Waals surface area contributed by atoms with Crippen molar-refractivity contribution in [1.29, 1.82) is 0 Å². The lowest BCUT2D eigenvalue weighted by atomic mass is 10.2. The first-order chi connectivity index (χ1) is 7.22. The van der Waals surface area contributed by atoms with Crippen LogP contribution in [0.2, 0.25) is 0 Å². The predicted octanol–water partition coefficient (Wildman–Crippen LogP) is 0.244. The molecule has 94 valence electrons. The van der Waals surface area contributed by atoms with Gasteiger partial charge in [-0.25, -0.2) is 16.8 Å². The van der Waals surface area contributed by atoms with Gasteiger partial charge in [-0.15, -0.1) is 0 Å². The summed E-state index contributed by atoms with van der Waals surface area (Å²) < 4.78 is 44.0. The molecule has 5 nitrogen and oxygen atoms in total. The number of aliphatic hydroxyl groups excluding tert-OH is 1.